The van der Waals surface area contributed by atoms with Gasteiger partial charge in [-0.15, -0.1) is 10.2 Å². The van der Waals surface area contributed by atoms with E-state index in [0.717, 1.165) is 41.7 Å². The Hall–Kier alpha value is -3.90. The van der Waals surface area contributed by atoms with E-state index in [-0.39, 0.29) is 0 Å². The summed E-state index contributed by atoms with van der Waals surface area (Å²) in [5.41, 5.74) is 5.53. The third-order valence-electron chi connectivity index (χ3n) is 7.01. The molecule has 0 amide bonds. The summed E-state index contributed by atoms with van der Waals surface area (Å²) in [5.74, 6) is 1.08. The Kier molecular flexibility index (Phi) is 5.58. The number of hydrogen-bond acceptors (Lipinski definition) is 5. The van der Waals surface area contributed by atoms with Gasteiger partial charge in [-0.3, -0.25) is 0 Å². The van der Waals surface area contributed by atoms with Crippen LogP contribution in [0.2, 0.25) is 0 Å². The molecule has 6 rings (SSSR count). The van der Waals surface area contributed by atoms with Crippen molar-refractivity contribution >= 4 is 16.6 Å². The van der Waals surface area contributed by atoms with Crippen LogP contribution in [0, 0.1) is 0 Å². The van der Waals surface area contributed by atoms with E-state index in [1.807, 2.05) is 12.1 Å². The van der Waals surface area contributed by atoms with Gasteiger partial charge in [0.05, 0.1) is 5.56 Å². The number of fused-ring (bicyclic) bond motifs is 1. The van der Waals surface area contributed by atoms with Crippen molar-refractivity contribution in [3.05, 3.63) is 90.6 Å². The van der Waals surface area contributed by atoms with Gasteiger partial charge in [-0.2, -0.15) is 0 Å². The van der Waals surface area contributed by atoms with Gasteiger partial charge >= 0.3 is 0 Å². The molecule has 0 saturated carbocycles. The fourth-order valence-electron chi connectivity index (χ4n) is 4.99. The van der Waals surface area contributed by atoms with Crippen LogP contribution in [0.4, 0.5) is 5.69 Å². The molecule has 176 valence electrons. The van der Waals surface area contributed by atoms with E-state index in [1.54, 1.807) is 0 Å². The molecular weight excluding hydrogens is 434 g/mol. The highest BCUT2D eigenvalue weighted by Gasteiger charge is 2.24. The molecule has 1 aliphatic rings. The molecule has 1 unspecified atom stereocenters. The van der Waals surface area contributed by atoms with Crippen molar-refractivity contribution in [2.24, 2.45) is 0 Å². The molecule has 1 fully saturated rings. The Morgan fingerprint density at radius 3 is 2.40 bits per heavy atom. The Bertz CT molecular complexity index is 1440. The van der Waals surface area contributed by atoms with Crippen molar-refractivity contribution in [3.8, 4) is 22.9 Å². The first-order valence-electron chi connectivity index (χ1n) is 12.1. The van der Waals surface area contributed by atoms with Crippen LogP contribution < -0.4 is 4.90 Å². The van der Waals surface area contributed by atoms with Crippen LogP contribution >= 0.6 is 0 Å². The molecule has 0 N–H and O–H groups in total. The maximum absolute atomic E-state index is 6.19. The second-order valence-electron chi connectivity index (χ2n) is 9.48. The minimum atomic E-state index is 0.541. The monoisotopic (exact) mass is 463 g/mol. The quantitative estimate of drug-likeness (QED) is 0.331. The van der Waals surface area contributed by atoms with Crippen LogP contribution in [0.1, 0.15) is 12.0 Å². The largest absolute Gasteiger partial charge is 0.416 e. The summed E-state index contributed by atoms with van der Waals surface area (Å²) in [6, 6.07) is 27.9. The molecule has 6 nitrogen and oxygen atoms in total. The molecule has 0 aliphatic carbocycles. The van der Waals surface area contributed by atoms with Crippen LogP contribution in [-0.2, 0) is 6.54 Å². The van der Waals surface area contributed by atoms with Gasteiger partial charge in [0.15, 0.2) is 0 Å². The summed E-state index contributed by atoms with van der Waals surface area (Å²) in [5, 5.41) is 9.91. The third-order valence-corrected chi connectivity index (χ3v) is 7.01. The Morgan fingerprint density at radius 1 is 0.886 bits per heavy atom. The zero-order valence-corrected chi connectivity index (χ0v) is 20.1. The zero-order valence-electron chi connectivity index (χ0n) is 20.1. The van der Waals surface area contributed by atoms with Gasteiger partial charge in [0.25, 0.3) is 0 Å². The van der Waals surface area contributed by atoms with Crippen molar-refractivity contribution in [3.63, 3.8) is 0 Å². The Labute approximate surface area is 205 Å². The summed E-state index contributed by atoms with van der Waals surface area (Å²) in [6.07, 6.45) is 3.31. The standard InChI is InChI=1S/C29H29N5O/c1-32(2)24-16-17-33(19-24)23-14-12-22(13-15-23)28-30-31-29(35-28)26-20-34(18-21-8-4-3-5-9-21)27-11-7-6-10-25(26)27/h3-15,20,24H,16-19H2,1-2H3. The minimum absolute atomic E-state index is 0.541. The molecule has 1 aliphatic heterocycles. The lowest BCUT2D eigenvalue weighted by molar-refractivity contribution is 0.315. The summed E-state index contributed by atoms with van der Waals surface area (Å²) in [7, 11) is 4.31. The van der Waals surface area contributed by atoms with Crippen LogP contribution in [0.5, 0.6) is 0 Å². The second kappa shape index (κ2) is 9.04. The SMILES string of the molecule is CN(C)C1CCN(c2ccc(-c3nnc(-c4cn(Cc5ccccc5)c5ccccc45)o3)cc2)C1. The van der Waals surface area contributed by atoms with Gasteiger partial charge in [0.2, 0.25) is 11.8 Å². The Balaban J connectivity index is 1.27. The normalized spacial score (nSPS) is 16.0. The fraction of sp³-hybridized carbons (Fsp3) is 0.241. The Morgan fingerprint density at radius 2 is 1.63 bits per heavy atom. The minimum Gasteiger partial charge on any atom is -0.416 e. The maximum Gasteiger partial charge on any atom is 0.250 e. The summed E-state index contributed by atoms with van der Waals surface area (Å²) in [6.45, 7) is 2.93. The molecule has 0 spiro atoms. The predicted molar refractivity (Wildman–Crippen MR) is 141 cm³/mol. The number of benzene rings is 3. The number of anilines is 1. The first kappa shape index (κ1) is 21.6. The highest BCUT2D eigenvalue weighted by Crippen LogP contribution is 2.33. The van der Waals surface area contributed by atoms with Gasteiger partial charge in [0, 0.05) is 54.0 Å². The van der Waals surface area contributed by atoms with Crippen molar-refractivity contribution in [2.75, 3.05) is 32.1 Å². The van der Waals surface area contributed by atoms with Crippen LogP contribution in [0.3, 0.4) is 0 Å². The molecular formula is C29H29N5O. The highest BCUT2D eigenvalue weighted by molar-refractivity contribution is 5.94. The summed E-state index contributed by atoms with van der Waals surface area (Å²) >= 11 is 0. The van der Waals surface area contributed by atoms with Crippen molar-refractivity contribution < 1.29 is 4.42 Å². The highest BCUT2D eigenvalue weighted by atomic mass is 16.4. The molecule has 35 heavy (non-hydrogen) atoms. The number of nitrogens with zero attached hydrogens (tertiary/aromatic N) is 5. The lowest BCUT2D eigenvalue weighted by Gasteiger charge is -2.21. The van der Waals surface area contributed by atoms with Crippen LogP contribution in [0.25, 0.3) is 33.8 Å². The van der Waals surface area contributed by atoms with Gasteiger partial charge in [0.1, 0.15) is 0 Å². The molecule has 0 radical (unpaired) electrons. The molecule has 1 atom stereocenters. The van der Waals surface area contributed by atoms with E-state index in [4.69, 9.17) is 4.42 Å². The van der Waals surface area contributed by atoms with Crippen molar-refractivity contribution in [1.29, 1.82) is 0 Å². The summed E-state index contributed by atoms with van der Waals surface area (Å²) < 4.78 is 8.43. The molecule has 3 aromatic carbocycles. The molecule has 2 aromatic heterocycles. The second-order valence-corrected chi connectivity index (χ2v) is 9.48. The van der Waals surface area contributed by atoms with E-state index in [9.17, 15) is 0 Å². The topological polar surface area (TPSA) is 50.3 Å². The fourth-order valence-corrected chi connectivity index (χ4v) is 4.99. The zero-order chi connectivity index (χ0) is 23.8. The number of rotatable bonds is 6. The van der Waals surface area contributed by atoms with Crippen LogP contribution in [0.15, 0.2) is 89.5 Å². The molecule has 0 bridgehead atoms. The van der Waals surface area contributed by atoms with E-state index in [2.05, 4.69) is 112 Å². The van der Waals surface area contributed by atoms with E-state index < -0.39 is 0 Å². The van der Waals surface area contributed by atoms with Crippen LogP contribution in [-0.4, -0.2) is 52.9 Å². The molecule has 5 aromatic rings. The predicted octanol–water partition coefficient (Wildman–Crippen LogP) is 5.55. The van der Waals surface area contributed by atoms with E-state index in [0.29, 0.717) is 17.8 Å². The molecule has 6 heteroatoms. The number of aromatic nitrogens is 3. The van der Waals surface area contributed by atoms with Gasteiger partial charge in [-0.1, -0.05) is 48.5 Å². The summed E-state index contributed by atoms with van der Waals surface area (Å²) in [4.78, 5) is 4.75. The van der Waals surface area contributed by atoms with Crippen molar-refractivity contribution in [1.82, 2.24) is 19.7 Å². The van der Waals surface area contributed by atoms with E-state index in [1.165, 1.54) is 17.7 Å². The number of hydrogen-bond donors (Lipinski definition) is 0. The van der Waals surface area contributed by atoms with Gasteiger partial charge < -0.3 is 18.8 Å². The molecule has 1 saturated heterocycles. The first-order valence-corrected chi connectivity index (χ1v) is 12.1. The number of likely N-dealkylation sites (N-methyl/N-ethyl adjacent to an activating group) is 1. The lowest BCUT2D eigenvalue weighted by Crippen LogP contribution is -2.31. The third kappa shape index (κ3) is 4.21. The first-order chi connectivity index (χ1) is 17.2. The molecule has 3 heterocycles. The average Bonchev–Trinajstić information content (AvgIpc) is 3.64. The maximum atomic E-state index is 6.19. The lowest BCUT2D eigenvalue weighted by atomic mass is 10.2. The van der Waals surface area contributed by atoms with Gasteiger partial charge in [-0.05, 0) is 56.4 Å². The average molecular weight is 464 g/mol. The smallest absolute Gasteiger partial charge is 0.250 e. The van der Waals surface area contributed by atoms with Crippen molar-refractivity contribution in [2.45, 2.75) is 19.0 Å². The van der Waals surface area contributed by atoms with E-state index >= 15 is 0 Å². The number of para-hydroxylation sites is 1. The van der Waals surface area contributed by atoms with Gasteiger partial charge in [-0.25, -0.2) is 0 Å².